The molecule has 2 aromatic rings. The molecule has 0 radical (unpaired) electrons. The summed E-state index contributed by atoms with van der Waals surface area (Å²) < 4.78 is 39.0. The third kappa shape index (κ3) is 3.49. The largest absolute Gasteiger partial charge is 0.448 e. The van der Waals surface area contributed by atoms with E-state index in [2.05, 4.69) is 4.72 Å². The van der Waals surface area contributed by atoms with Crippen LogP contribution in [0.4, 0.5) is 5.69 Å². The fourth-order valence-corrected chi connectivity index (χ4v) is 4.07. The Balaban J connectivity index is 1.49. The van der Waals surface area contributed by atoms with Gasteiger partial charge in [-0.25, -0.2) is 8.42 Å². The van der Waals surface area contributed by atoms with Crippen molar-refractivity contribution in [1.29, 1.82) is 0 Å². The molecule has 0 aromatic heterocycles. The van der Waals surface area contributed by atoms with Crippen LogP contribution < -0.4 is 14.2 Å². The zero-order valence-corrected chi connectivity index (χ0v) is 14.5. The highest BCUT2D eigenvalue weighted by Gasteiger charge is 2.44. The first-order chi connectivity index (χ1) is 12.0. The molecule has 1 spiro atoms. The van der Waals surface area contributed by atoms with Crippen molar-refractivity contribution in [2.45, 2.75) is 31.5 Å². The summed E-state index contributed by atoms with van der Waals surface area (Å²) in [5.74, 6) is 0.714. The molecule has 1 heterocycles. The summed E-state index contributed by atoms with van der Waals surface area (Å²) in [4.78, 5) is 0. The zero-order valence-electron chi connectivity index (χ0n) is 13.6. The smallest absolute Gasteiger partial charge is 0.255 e. The van der Waals surface area contributed by atoms with E-state index < -0.39 is 15.8 Å². The third-order valence-corrected chi connectivity index (χ3v) is 5.41. The maximum Gasteiger partial charge on any atom is 0.255 e. The Morgan fingerprint density at radius 3 is 2.44 bits per heavy atom. The van der Waals surface area contributed by atoms with Gasteiger partial charge in [-0.3, -0.25) is 4.72 Å². The molecule has 25 heavy (non-hydrogen) atoms. The maximum atomic E-state index is 12.3. The van der Waals surface area contributed by atoms with E-state index in [9.17, 15) is 8.42 Å². The second kappa shape index (κ2) is 6.11. The first kappa shape index (κ1) is 16.0. The number of fused-ring (bicyclic) bond motifs is 1. The van der Waals surface area contributed by atoms with E-state index in [1.807, 2.05) is 30.3 Å². The molecule has 4 rings (SSSR count). The van der Waals surface area contributed by atoms with Crippen LogP contribution in [0, 0.1) is 0 Å². The standard InChI is InChI=1S/C19H19NO4S/c21-25(22,13-10-15-6-2-1-3-7-15)20-16-8-9-17-18(14-16)24-19(23-17)11-4-5-12-19/h1-3,6-10,13-14,20H,4-5,11-12H2/b13-10+. The molecule has 0 unspecified atom stereocenters. The van der Waals surface area contributed by atoms with Crippen molar-refractivity contribution in [2.24, 2.45) is 0 Å². The Hall–Kier alpha value is -2.47. The quantitative estimate of drug-likeness (QED) is 0.893. The molecule has 0 amide bonds. The van der Waals surface area contributed by atoms with Gasteiger partial charge in [0.05, 0.1) is 11.1 Å². The van der Waals surface area contributed by atoms with Crippen LogP contribution >= 0.6 is 0 Å². The third-order valence-electron chi connectivity index (χ3n) is 4.40. The Bertz CT molecular complexity index is 900. The second-order valence-electron chi connectivity index (χ2n) is 6.34. The van der Waals surface area contributed by atoms with Gasteiger partial charge in [-0.1, -0.05) is 30.3 Å². The van der Waals surface area contributed by atoms with E-state index in [4.69, 9.17) is 9.47 Å². The van der Waals surface area contributed by atoms with Crippen LogP contribution in [0.3, 0.4) is 0 Å². The van der Waals surface area contributed by atoms with E-state index >= 15 is 0 Å². The van der Waals surface area contributed by atoms with Gasteiger partial charge in [0.15, 0.2) is 11.5 Å². The lowest BCUT2D eigenvalue weighted by molar-refractivity contribution is -0.0716. The van der Waals surface area contributed by atoms with Crippen LogP contribution in [-0.4, -0.2) is 14.2 Å². The normalized spacial score (nSPS) is 18.1. The van der Waals surface area contributed by atoms with Crippen LogP contribution in [0.15, 0.2) is 53.9 Å². The average molecular weight is 357 g/mol. The summed E-state index contributed by atoms with van der Waals surface area (Å²) in [5, 5.41) is 1.16. The lowest BCUT2D eigenvalue weighted by atomic mass is 10.2. The first-order valence-electron chi connectivity index (χ1n) is 8.32. The Morgan fingerprint density at radius 1 is 0.960 bits per heavy atom. The molecular weight excluding hydrogens is 338 g/mol. The number of hydrogen-bond acceptors (Lipinski definition) is 4. The molecular formula is C19H19NO4S. The van der Waals surface area contributed by atoms with Crippen LogP contribution in [0.1, 0.15) is 31.2 Å². The van der Waals surface area contributed by atoms with Crippen molar-refractivity contribution in [1.82, 2.24) is 0 Å². The minimum Gasteiger partial charge on any atom is -0.448 e. The Morgan fingerprint density at radius 2 is 1.68 bits per heavy atom. The van der Waals surface area contributed by atoms with E-state index in [1.54, 1.807) is 24.3 Å². The summed E-state index contributed by atoms with van der Waals surface area (Å²) >= 11 is 0. The summed E-state index contributed by atoms with van der Waals surface area (Å²) in [6.45, 7) is 0. The van der Waals surface area contributed by atoms with Gasteiger partial charge in [0.1, 0.15) is 0 Å². The number of hydrogen-bond donors (Lipinski definition) is 1. The molecule has 130 valence electrons. The summed E-state index contributed by atoms with van der Waals surface area (Å²) in [6.07, 6.45) is 5.45. The molecule has 1 aliphatic carbocycles. The molecule has 2 aromatic carbocycles. The number of anilines is 1. The topological polar surface area (TPSA) is 64.6 Å². The Labute approximate surface area is 147 Å². The monoisotopic (exact) mass is 357 g/mol. The average Bonchev–Trinajstić information content (AvgIpc) is 3.19. The molecule has 1 fully saturated rings. The van der Waals surface area contributed by atoms with Gasteiger partial charge in [0.25, 0.3) is 15.8 Å². The van der Waals surface area contributed by atoms with Crippen molar-refractivity contribution in [3.05, 3.63) is 59.5 Å². The highest BCUT2D eigenvalue weighted by molar-refractivity contribution is 7.95. The molecule has 0 saturated heterocycles. The SMILES string of the molecule is O=S(=O)(/C=C/c1ccccc1)Nc1ccc2c(c1)OC1(CCCC1)O2. The summed E-state index contributed by atoms with van der Waals surface area (Å²) in [6, 6.07) is 14.4. The molecule has 1 saturated carbocycles. The van der Waals surface area contributed by atoms with Gasteiger partial charge in [0.2, 0.25) is 0 Å². The van der Waals surface area contributed by atoms with Gasteiger partial charge in [-0.2, -0.15) is 0 Å². The summed E-state index contributed by atoms with van der Waals surface area (Å²) in [5.41, 5.74) is 1.27. The van der Waals surface area contributed by atoms with Crippen molar-refractivity contribution in [2.75, 3.05) is 4.72 Å². The fraction of sp³-hybridized carbons (Fsp3) is 0.263. The zero-order chi connectivity index (χ0) is 17.3. The second-order valence-corrected chi connectivity index (χ2v) is 7.91. The lowest BCUT2D eigenvalue weighted by Crippen LogP contribution is -2.34. The number of rotatable bonds is 4. The van der Waals surface area contributed by atoms with Gasteiger partial charge in [-0.15, -0.1) is 0 Å². The van der Waals surface area contributed by atoms with Gasteiger partial charge in [-0.05, 0) is 36.6 Å². The van der Waals surface area contributed by atoms with E-state index in [1.165, 1.54) is 0 Å². The highest BCUT2D eigenvalue weighted by Crippen LogP contribution is 2.47. The van der Waals surface area contributed by atoms with Crippen molar-refractivity contribution in [3.63, 3.8) is 0 Å². The van der Waals surface area contributed by atoms with E-state index in [0.717, 1.165) is 36.7 Å². The summed E-state index contributed by atoms with van der Waals surface area (Å²) in [7, 11) is -3.60. The highest BCUT2D eigenvalue weighted by atomic mass is 32.2. The molecule has 1 N–H and O–H groups in total. The van der Waals surface area contributed by atoms with Gasteiger partial charge >= 0.3 is 0 Å². The fourth-order valence-electron chi connectivity index (χ4n) is 3.21. The predicted octanol–water partition coefficient (Wildman–Crippen LogP) is 4.14. The minimum atomic E-state index is -3.60. The number of nitrogens with one attached hydrogen (secondary N) is 1. The van der Waals surface area contributed by atoms with Crippen molar-refractivity contribution < 1.29 is 17.9 Å². The molecule has 1 aliphatic heterocycles. The van der Waals surface area contributed by atoms with Crippen LogP contribution in [0.2, 0.25) is 0 Å². The van der Waals surface area contributed by atoms with E-state index in [-0.39, 0.29) is 0 Å². The Kier molecular flexibility index (Phi) is 3.92. The lowest BCUT2D eigenvalue weighted by Gasteiger charge is -2.21. The molecule has 0 atom stereocenters. The molecule has 5 nitrogen and oxygen atoms in total. The number of ether oxygens (including phenoxy) is 2. The minimum absolute atomic E-state index is 0.454. The van der Waals surface area contributed by atoms with Gasteiger partial charge < -0.3 is 9.47 Å². The van der Waals surface area contributed by atoms with Crippen LogP contribution in [0.5, 0.6) is 11.5 Å². The predicted molar refractivity (Wildman–Crippen MR) is 96.9 cm³/mol. The van der Waals surface area contributed by atoms with Gasteiger partial charge in [0, 0.05) is 18.9 Å². The molecule has 2 aliphatic rings. The van der Waals surface area contributed by atoms with Crippen molar-refractivity contribution in [3.8, 4) is 11.5 Å². The number of benzene rings is 2. The van der Waals surface area contributed by atoms with Crippen LogP contribution in [-0.2, 0) is 10.0 Å². The molecule has 0 bridgehead atoms. The maximum absolute atomic E-state index is 12.3. The van der Waals surface area contributed by atoms with E-state index in [0.29, 0.717) is 17.2 Å². The molecule has 6 heteroatoms. The van der Waals surface area contributed by atoms with Crippen LogP contribution in [0.25, 0.3) is 6.08 Å². The first-order valence-corrected chi connectivity index (χ1v) is 9.86. The number of sulfonamides is 1. The van der Waals surface area contributed by atoms with Crippen molar-refractivity contribution >= 4 is 21.8 Å².